The van der Waals surface area contributed by atoms with Crippen molar-refractivity contribution in [3.8, 4) is 11.5 Å². The summed E-state index contributed by atoms with van der Waals surface area (Å²) in [5.74, 6) is 2.27. The number of carbonyl (C=O) groups excluding carboxylic acids is 1. The fourth-order valence-corrected chi connectivity index (χ4v) is 3.57. The molecule has 0 saturated heterocycles. The van der Waals surface area contributed by atoms with E-state index in [4.69, 9.17) is 9.47 Å². The Hall–Kier alpha value is -1.51. The summed E-state index contributed by atoms with van der Waals surface area (Å²) in [6, 6.07) is 7.38. The van der Waals surface area contributed by atoms with Gasteiger partial charge in [-0.2, -0.15) is 0 Å². The van der Waals surface area contributed by atoms with Crippen molar-refractivity contribution in [2.45, 2.75) is 78.1 Å². The van der Waals surface area contributed by atoms with E-state index in [1.807, 2.05) is 24.3 Å². The van der Waals surface area contributed by atoms with Gasteiger partial charge in [0.15, 0.2) is 0 Å². The van der Waals surface area contributed by atoms with E-state index in [2.05, 4.69) is 13.8 Å². The minimum absolute atomic E-state index is 0.0633. The van der Waals surface area contributed by atoms with E-state index in [1.165, 1.54) is 44.9 Å². The van der Waals surface area contributed by atoms with Crippen LogP contribution in [0, 0.1) is 11.8 Å². The van der Waals surface area contributed by atoms with E-state index in [0.29, 0.717) is 12.4 Å². The van der Waals surface area contributed by atoms with Crippen molar-refractivity contribution >= 4 is 5.97 Å². The molecule has 0 aliphatic heterocycles. The first kappa shape index (κ1) is 19.8. The molecule has 140 valence electrons. The minimum Gasteiger partial charge on any atom is -0.494 e. The van der Waals surface area contributed by atoms with Crippen molar-refractivity contribution in [2.75, 3.05) is 6.61 Å². The lowest BCUT2D eigenvalue weighted by Gasteiger charge is -2.27. The molecule has 0 radical (unpaired) electrons. The van der Waals surface area contributed by atoms with Crippen LogP contribution in [0.15, 0.2) is 24.3 Å². The molecule has 1 aromatic rings. The van der Waals surface area contributed by atoms with Gasteiger partial charge < -0.3 is 9.47 Å². The molecule has 25 heavy (non-hydrogen) atoms. The molecule has 2 rings (SSSR count). The van der Waals surface area contributed by atoms with Crippen LogP contribution in [0.1, 0.15) is 78.1 Å². The Balaban J connectivity index is 1.69. The summed E-state index contributed by atoms with van der Waals surface area (Å²) >= 11 is 0. The van der Waals surface area contributed by atoms with Gasteiger partial charge in [0.25, 0.3) is 0 Å². The van der Waals surface area contributed by atoms with Gasteiger partial charge >= 0.3 is 5.97 Å². The Bertz CT molecular complexity index is 486. The number of hydrogen-bond donors (Lipinski definition) is 0. The number of ether oxygens (including phenoxy) is 2. The Morgan fingerprint density at radius 3 is 2.24 bits per heavy atom. The van der Waals surface area contributed by atoms with Crippen molar-refractivity contribution < 1.29 is 14.3 Å². The Labute approximate surface area is 153 Å². The van der Waals surface area contributed by atoms with Gasteiger partial charge in [0.1, 0.15) is 11.5 Å². The van der Waals surface area contributed by atoms with Gasteiger partial charge in [-0.15, -0.1) is 0 Å². The quantitative estimate of drug-likeness (QED) is 0.289. The van der Waals surface area contributed by atoms with Crippen LogP contribution in [-0.4, -0.2) is 12.6 Å². The summed E-state index contributed by atoms with van der Waals surface area (Å²) in [7, 11) is 0. The van der Waals surface area contributed by atoms with Gasteiger partial charge in [-0.3, -0.25) is 4.79 Å². The predicted molar refractivity (Wildman–Crippen MR) is 102 cm³/mol. The largest absolute Gasteiger partial charge is 0.494 e. The average molecular weight is 347 g/mol. The summed E-state index contributed by atoms with van der Waals surface area (Å²) < 4.78 is 11.1. The molecule has 0 atom stereocenters. The highest BCUT2D eigenvalue weighted by Crippen LogP contribution is 2.33. The van der Waals surface area contributed by atoms with Crippen LogP contribution in [0.3, 0.4) is 0 Å². The van der Waals surface area contributed by atoms with Gasteiger partial charge in [0, 0.05) is 0 Å². The van der Waals surface area contributed by atoms with E-state index < -0.39 is 0 Å². The zero-order valence-corrected chi connectivity index (χ0v) is 16.0. The number of carbonyl (C=O) groups is 1. The SMILES string of the molecule is CCCCCCC1CCC(C(=O)Oc2ccc(OCCC)cc2)CC1. The highest BCUT2D eigenvalue weighted by Gasteiger charge is 2.27. The molecule has 0 bridgehead atoms. The topological polar surface area (TPSA) is 35.5 Å². The Morgan fingerprint density at radius 1 is 0.920 bits per heavy atom. The normalized spacial score (nSPS) is 20.2. The Kier molecular flexibility index (Phi) is 8.85. The second kappa shape index (κ2) is 11.2. The van der Waals surface area contributed by atoms with Crippen molar-refractivity contribution in [3.05, 3.63) is 24.3 Å². The van der Waals surface area contributed by atoms with Crippen LogP contribution < -0.4 is 9.47 Å². The Morgan fingerprint density at radius 2 is 1.60 bits per heavy atom. The molecule has 1 aliphatic carbocycles. The average Bonchev–Trinajstić information content (AvgIpc) is 2.65. The fourth-order valence-electron chi connectivity index (χ4n) is 3.57. The first-order chi connectivity index (χ1) is 12.2. The molecular formula is C22H34O3. The maximum Gasteiger partial charge on any atom is 0.314 e. The van der Waals surface area contributed by atoms with Crippen LogP contribution in [0.5, 0.6) is 11.5 Å². The lowest BCUT2D eigenvalue weighted by Crippen LogP contribution is -2.25. The lowest BCUT2D eigenvalue weighted by atomic mass is 9.80. The molecule has 1 aromatic carbocycles. The highest BCUT2D eigenvalue weighted by atomic mass is 16.5. The molecule has 1 fully saturated rings. The van der Waals surface area contributed by atoms with E-state index in [0.717, 1.165) is 30.9 Å². The third-order valence-electron chi connectivity index (χ3n) is 5.16. The lowest BCUT2D eigenvalue weighted by molar-refractivity contribution is -0.140. The fraction of sp³-hybridized carbons (Fsp3) is 0.682. The highest BCUT2D eigenvalue weighted by molar-refractivity contribution is 5.75. The number of esters is 1. The van der Waals surface area contributed by atoms with E-state index >= 15 is 0 Å². The molecule has 1 saturated carbocycles. The molecule has 0 unspecified atom stereocenters. The van der Waals surface area contributed by atoms with Gasteiger partial charge in [-0.05, 0) is 62.3 Å². The van der Waals surface area contributed by atoms with Gasteiger partial charge in [-0.25, -0.2) is 0 Å². The summed E-state index contributed by atoms with van der Waals surface area (Å²) in [4.78, 5) is 12.4. The van der Waals surface area contributed by atoms with Crippen molar-refractivity contribution in [1.29, 1.82) is 0 Å². The van der Waals surface area contributed by atoms with E-state index in [-0.39, 0.29) is 11.9 Å². The second-order valence-corrected chi connectivity index (χ2v) is 7.31. The summed E-state index contributed by atoms with van der Waals surface area (Å²) in [6.45, 7) is 5.04. The van der Waals surface area contributed by atoms with Crippen molar-refractivity contribution in [1.82, 2.24) is 0 Å². The number of rotatable bonds is 10. The van der Waals surface area contributed by atoms with E-state index in [9.17, 15) is 4.79 Å². The molecule has 0 heterocycles. The molecule has 3 heteroatoms. The molecule has 1 aliphatic rings. The third-order valence-corrected chi connectivity index (χ3v) is 5.16. The maximum absolute atomic E-state index is 12.4. The third kappa shape index (κ3) is 7.09. The summed E-state index contributed by atoms with van der Waals surface area (Å²) in [5.41, 5.74) is 0. The number of hydrogen-bond acceptors (Lipinski definition) is 3. The second-order valence-electron chi connectivity index (χ2n) is 7.31. The monoisotopic (exact) mass is 346 g/mol. The standard InChI is InChI=1S/C22H34O3/c1-3-5-6-7-8-18-9-11-19(12-10-18)22(23)25-21-15-13-20(14-16-21)24-17-4-2/h13-16,18-19H,3-12,17H2,1-2H3. The number of unbranched alkanes of at least 4 members (excludes halogenated alkanes) is 3. The molecule has 0 aromatic heterocycles. The van der Waals surface area contributed by atoms with Crippen LogP contribution in [-0.2, 0) is 4.79 Å². The van der Waals surface area contributed by atoms with Crippen molar-refractivity contribution in [3.63, 3.8) is 0 Å². The van der Waals surface area contributed by atoms with E-state index in [1.54, 1.807) is 0 Å². The molecule has 3 nitrogen and oxygen atoms in total. The van der Waals surface area contributed by atoms with Crippen LogP contribution in [0.4, 0.5) is 0 Å². The minimum atomic E-state index is -0.0633. The molecule has 0 N–H and O–H groups in total. The van der Waals surface area contributed by atoms with Crippen LogP contribution in [0.2, 0.25) is 0 Å². The van der Waals surface area contributed by atoms with Gasteiger partial charge in [-0.1, -0.05) is 46.0 Å². The van der Waals surface area contributed by atoms with Gasteiger partial charge in [0.2, 0.25) is 0 Å². The summed E-state index contributed by atoms with van der Waals surface area (Å²) in [6.07, 6.45) is 12.0. The van der Waals surface area contributed by atoms with Crippen LogP contribution in [0.25, 0.3) is 0 Å². The molecular weight excluding hydrogens is 312 g/mol. The van der Waals surface area contributed by atoms with Crippen LogP contribution >= 0.6 is 0 Å². The summed E-state index contributed by atoms with van der Waals surface area (Å²) in [5, 5.41) is 0. The predicted octanol–water partition coefficient (Wildman–Crippen LogP) is 6.16. The van der Waals surface area contributed by atoms with Crippen molar-refractivity contribution in [2.24, 2.45) is 11.8 Å². The molecule has 0 spiro atoms. The smallest absolute Gasteiger partial charge is 0.314 e. The molecule has 0 amide bonds. The maximum atomic E-state index is 12.4. The zero-order valence-electron chi connectivity index (χ0n) is 16.0. The van der Waals surface area contributed by atoms with Gasteiger partial charge in [0.05, 0.1) is 12.5 Å². The first-order valence-corrected chi connectivity index (χ1v) is 10.2. The first-order valence-electron chi connectivity index (χ1n) is 10.2. The number of benzene rings is 1. The zero-order chi connectivity index (χ0) is 17.9.